The van der Waals surface area contributed by atoms with E-state index in [4.69, 9.17) is 0 Å². The molecule has 0 aromatic rings. The van der Waals surface area contributed by atoms with E-state index in [-0.39, 0.29) is 11.9 Å². The van der Waals surface area contributed by atoms with E-state index in [9.17, 15) is 4.79 Å². The lowest BCUT2D eigenvalue weighted by Crippen LogP contribution is -2.27. The lowest BCUT2D eigenvalue weighted by molar-refractivity contribution is -0.116. The summed E-state index contributed by atoms with van der Waals surface area (Å²) >= 11 is 3.42. The molecule has 14 heavy (non-hydrogen) atoms. The van der Waals surface area contributed by atoms with E-state index in [1.807, 2.05) is 13.0 Å². The molecule has 2 rings (SSSR count). The molecule has 0 spiro atoms. The lowest BCUT2D eigenvalue weighted by Gasteiger charge is -2.19. The molecule has 0 radical (unpaired) electrons. The summed E-state index contributed by atoms with van der Waals surface area (Å²) < 4.78 is 1.12. The molecule has 2 aliphatic rings. The number of carbonyl (C=O) groups is 1. The lowest BCUT2D eigenvalue weighted by atomic mass is 9.89. The maximum Gasteiger partial charge on any atom is 0.244 e. The zero-order valence-corrected chi connectivity index (χ0v) is 9.54. The molecule has 0 aromatic heterocycles. The largest absolute Gasteiger partial charge is 0.346 e. The van der Waals surface area contributed by atoms with Gasteiger partial charge in [0.2, 0.25) is 5.91 Å². The molecule has 1 aliphatic carbocycles. The van der Waals surface area contributed by atoms with Gasteiger partial charge in [-0.3, -0.25) is 4.79 Å². The molecule has 0 saturated carbocycles. The number of hydrogen-bond acceptors (Lipinski definition) is 1. The highest BCUT2D eigenvalue weighted by Crippen LogP contribution is 2.29. The minimum atomic E-state index is 0.0366. The fourth-order valence-electron chi connectivity index (χ4n) is 1.88. The van der Waals surface area contributed by atoms with Crippen molar-refractivity contribution in [3.8, 4) is 0 Å². The quantitative estimate of drug-likeness (QED) is 0.764. The topological polar surface area (TPSA) is 29.1 Å². The molecule has 0 aromatic carbocycles. The van der Waals surface area contributed by atoms with Crippen LogP contribution in [0.1, 0.15) is 13.3 Å². The van der Waals surface area contributed by atoms with Crippen LogP contribution in [0, 0.1) is 5.92 Å². The van der Waals surface area contributed by atoms with Crippen molar-refractivity contribution in [2.24, 2.45) is 5.92 Å². The fourth-order valence-corrected chi connectivity index (χ4v) is 2.22. The Morgan fingerprint density at radius 2 is 2.36 bits per heavy atom. The summed E-state index contributed by atoms with van der Waals surface area (Å²) in [6.07, 6.45) is 9.03. The van der Waals surface area contributed by atoms with Crippen molar-refractivity contribution in [3.63, 3.8) is 0 Å². The Labute approximate surface area is 91.9 Å². The molecule has 74 valence electrons. The first-order valence-electron chi connectivity index (χ1n) is 4.72. The molecule has 0 saturated heterocycles. The van der Waals surface area contributed by atoms with Crippen LogP contribution in [0.3, 0.4) is 0 Å². The van der Waals surface area contributed by atoms with Crippen LogP contribution < -0.4 is 5.32 Å². The van der Waals surface area contributed by atoms with Crippen molar-refractivity contribution < 1.29 is 4.79 Å². The number of carbonyl (C=O) groups excluding carboxylic acids is 1. The van der Waals surface area contributed by atoms with Crippen molar-refractivity contribution in [1.82, 2.24) is 5.32 Å². The minimum Gasteiger partial charge on any atom is -0.346 e. The summed E-state index contributed by atoms with van der Waals surface area (Å²) in [6, 6.07) is 0.183. The van der Waals surface area contributed by atoms with Gasteiger partial charge in [0.1, 0.15) is 0 Å². The Kier molecular flexibility index (Phi) is 2.59. The highest BCUT2D eigenvalue weighted by molar-refractivity contribution is 9.11. The van der Waals surface area contributed by atoms with Crippen LogP contribution >= 0.6 is 15.9 Å². The van der Waals surface area contributed by atoms with Crippen LogP contribution in [-0.2, 0) is 4.79 Å². The van der Waals surface area contributed by atoms with E-state index in [1.54, 1.807) is 6.08 Å². The summed E-state index contributed by atoms with van der Waals surface area (Å²) in [5.74, 6) is 0.416. The zero-order valence-electron chi connectivity index (χ0n) is 7.96. The van der Waals surface area contributed by atoms with Gasteiger partial charge in [-0.25, -0.2) is 0 Å². The molecule has 0 bridgehead atoms. The van der Waals surface area contributed by atoms with Crippen molar-refractivity contribution in [3.05, 3.63) is 34.4 Å². The highest BCUT2D eigenvalue weighted by Gasteiger charge is 2.25. The Morgan fingerprint density at radius 1 is 1.57 bits per heavy atom. The SMILES string of the molecule is CC1NC(=O)C=C1C1C=CC(Br)=CC1. The van der Waals surface area contributed by atoms with Crippen LogP contribution in [0.2, 0.25) is 0 Å². The van der Waals surface area contributed by atoms with E-state index >= 15 is 0 Å². The normalized spacial score (nSPS) is 31.1. The van der Waals surface area contributed by atoms with E-state index in [0.29, 0.717) is 5.92 Å². The van der Waals surface area contributed by atoms with Gasteiger partial charge in [0, 0.05) is 22.5 Å². The van der Waals surface area contributed by atoms with Crippen LogP contribution in [0.5, 0.6) is 0 Å². The number of nitrogens with one attached hydrogen (secondary N) is 1. The summed E-state index contributed by atoms with van der Waals surface area (Å²) in [6.45, 7) is 2.03. The Hall–Kier alpha value is -0.830. The van der Waals surface area contributed by atoms with Crippen molar-refractivity contribution >= 4 is 21.8 Å². The Bertz CT molecular complexity index is 354. The third-order valence-electron chi connectivity index (χ3n) is 2.64. The predicted molar refractivity (Wildman–Crippen MR) is 59.9 cm³/mol. The van der Waals surface area contributed by atoms with Gasteiger partial charge in [-0.15, -0.1) is 0 Å². The first-order valence-corrected chi connectivity index (χ1v) is 5.52. The summed E-state index contributed by atoms with van der Waals surface area (Å²) in [7, 11) is 0. The van der Waals surface area contributed by atoms with E-state index < -0.39 is 0 Å². The van der Waals surface area contributed by atoms with E-state index in [1.165, 1.54) is 5.57 Å². The van der Waals surface area contributed by atoms with E-state index in [0.717, 1.165) is 10.9 Å². The smallest absolute Gasteiger partial charge is 0.244 e. The van der Waals surface area contributed by atoms with Gasteiger partial charge in [-0.1, -0.05) is 34.2 Å². The number of allylic oxidation sites excluding steroid dienone is 4. The van der Waals surface area contributed by atoms with Gasteiger partial charge in [0.15, 0.2) is 0 Å². The van der Waals surface area contributed by atoms with Gasteiger partial charge in [0.05, 0.1) is 0 Å². The van der Waals surface area contributed by atoms with Gasteiger partial charge in [-0.05, 0) is 18.9 Å². The second-order valence-electron chi connectivity index (χ2n) is 3.66. The Balaban J connectivity index is 2.14. The molecule has 1 heterocycles. The van der Waals surface area contributed by atoms with Crippen molar-refractivity contribution in [2.75, 3.05) is 0 Å². The molecule has 2 unspecified atom stereocenters. The maximum atomic E-state index is 11.1. The summed E-state index contributed by atoms with van der Waals surface area (Å²) in [5.41, 5.74) is 1.20. The number of halogens is 1. The molecule has 2 atom stereocenters. The number of amides is 1. The third-order valence-corrected chi connectivity index (χ3v) is 3.23. The molecular weight excluding hydrogens is 242 g/mol. The average Bonchev–Trinajstić information content (AvgIpc) is 2.47. The molecule has 0 fully saturated rings. The van der Waals surface area contributed by atoms with Gasteiger partial charge < -0.3 is 5.32 Å². The first kappa shape index (κ1) is 9.71. The van der Waals surface area contributed by atoms with Crippen LogP contribution in [0.4, 0.5) is 0 Å². The fraction of sp³-hybridized carbons (Fsp3) is 0.364. The van der Waals surface area contributed by atoms with E-state index in [2.05, 4.69) is 33.4 Å². The standard InChI is InChI=1S/C11H12BrNO/c1-7-10(6-11(14)13-7)8-2-4-9(12)5-3-8/h2,4-8H,3H2,1H3,(H,13,14). The number of hydrogen-bond donors (Lipinski definition) is 1. The van der Waals surface area contributed by atoms with Crippen LogP contribution in [0.15, 0.2) is 34.4 Å². The summed E-state index contributed by atoms with van der Waals surface area (Å²) in [5, 5.41) is 2.88. The predicted octanol–water partition coefficient (Wildman–Crippen LogP) is 2.29. The van der Waals surface area contributed by atoms with Gasteiger partial charge in [-0.2, -0.15) is 0 Å². The maximum absolute atomic E-state index is 11.1. The Morgan fingerprint density at radius 3 is 2.86 bits per heavy atom. The van der Waals surface area contributed by atoms with Gasteiger partial charge in [0.25, 0.3) is 0 Å². The number of rotatable bonds is 1. The molecular formula is C11H12BrNO. The summed E-state index contributed by atoms with van der Waals surface area (Å²) in [4.78, 5) is 11.1. The van der Waals surface area contributed by atoms with Crippen LogP contribution in [-0.4, -0.2) is 11.9 Å². The highest BCUT2D eigenvalue weighted by atomic mass is 79.9. The molecule has 1 amide bonds. The second kappa shape index (κ2) is 3.73. The average molecular weight is 254 g/mol. The molecule has 2 nitrogen and oxygen atoms in total. The third kappa shape index (κ3) is 1.82. The van der Waals surface area contributed by atoms with Crippen molar-refractivity contribution in [2.45, 2.75) is 19.4 Å². The minimum absolute atomic E-state index is 0.0366. The second-order valence-corrected chi connectivity index (χ2v) is 4.58. The molecule has 3 heteroatoms. The molecule has 1 N–H and O–H groups in total. The monoisotopic (exact) mass is 253 g/mol. The zero-order chi connectivity index (χ0) is 10.1. The first-order chi connectivity index (χ1) is 6.66. The van der Waals surface area contributed by atoms with Gasteiger partial charge >= 0.3 is 0 Å². The molecule has 1 aliphatic heterocycles. The van der Waals surface area contributed by atoms with Crippen LogP contribution in [0.25, 0.3) is 0 Å². The van der Waals surface area contributed by atoms with Crippen molar-refractivity contribution in [1.29, 1.82) is 0 Å².